The molecule has 0 bridgehead atoms. The molecular formula is C15H22N2O3S. The van der Waals surface area contributed by atoms with E-state index in [4.69, 9.17) is 0 Å². The van der Waals surface area contributed by atoms with Crippen molar-refractivity contribution in [2.45, 2.75) is 43.2 Å². The Bertz CT molecular complexity index is 566. The predicted octanol–water partition coefficient (Wildman–Crippen LogP) is 1.11. The summed E-state index contributed by atoms with van der Waals surface area (Å²) in [5, 5.41) is 5.97. The molecule has 1 amide bonds. The van der Waals surface area contributed by atoms with Gasteiger partial charge in [0.05, 0.1) is 16.7 Å². The van der Waals surface area contributed by atoms with Crippen LogP contribution in [0.3, 0.4) is 0 Å². The molecule has 5 nitrogen and oxygen atoms in total. The van der Waals surface area contributed by atoms with Crippen molar-refractivity contribution in [2.75, 3.05) is 12.3 Å². The minimum absolute atomic E-state index is 0.0635. The molecule has 0 aromatic heterocycles. The van der Waals surface area contributed by atoms with E-state index in [-0.39, 0.29) is 23.7 Å². The summed E-state index contributed by atoms with van der Waals surface area (Å²) in [6.45, 7) is 2.73. The van der Waals surface area contributed by atoms with Crippen LogP contribution in [0.2, 0.25) is 0 Å². The van der Waals surface area contributed by atoms with Gasteiger partial charge < -0.3 is 10.6 Å². The quantitative estimate of drug-likeness (QED) is 0.825. The second-order valence-corrected chi connectivity index (χ2v) is 7.39. The molecule has 1 saturated heterocycles. The molecule has 1 heterocycles. The lowest BCUT2D eigenvalue weighted by Crippen LogP contribution is -2.47. The highest BCUT2D eigenvalue weighted by Crippen LogP contribution is 2.13. The van der Waals surface area contributed by atoms with Gasteiger partial charge in [-0.15, -0.1) is 0 Å². The molecule has 1 aromatic rings. The van der Waals surface area contributed by atoms with Crippen LogP contribution >= 0.6 is 0 Å². The Balaban J connectivity index is 2.00. The molecule has 1 aliphatic heterocycles. The van der Waals surface area contributed by atoms with Crippen LogP contribution in [0.15, 0.2) is 35.2 Å². The van der Waals surface area contributed by atoms with E-state index in [0.29, 0.717) is 11.3 Å². The van der Waals surface area contributed by atoms with E-state index in [1.807, 2.05) is 6.92 Å². The van der Waals surface area contributed by atoms with Gasteiger partial charge in [0.2, 0.25) is 5.91 Å². The Morgan fingerprint density at radius 1 is 1.38 bits per heavy atom. The number of sulfone groups is 1. The molecule has 2 atom stereocenters. The smallest absolute Gasteiger partial charge is 0.237 e. The SMILES string of the molecule is CC[C@H](CS(=O)(=O)c1ccccc1)NC(=O)[C@H]1CCCN1. The minimum Gasteiger partial charge on any atom is -0.351 e. The van der Waals surface area contributed by atoms with E-state index in [1.165, 1.54) is 0 Å². The fraction of sp³-hybridized carbons (Fsp3) is 0.533. The van der Waals surface area contributed by atoms with Gasteiger partial charge in [-0.05, 0) is 37.9 Å². The number of hydrogen-bond donors (Lipinski definition) is 2. The van der Waals surface area contributed by atoms with E-state index in [9.17, 15) is 13.2 Å². The van der Waals surface area contributed by atoms with E-state index >= 15 is 0 Å². The first kappa shape index (κ1) is 16.0. The maximum atomic E-state index is 12.3. The molecule has 0 radical (unpaired) electrons. The summed E-state index contributed by atoms with van der Waals surface area (Å²) in [4.78, 5) is 12.4. The topological polar surface area (TPSA) is 75.3 Å². The van der Waals surface area contributed by atoms with Gasteiger partial charge in [-0.2, -0.15) is 0 Å². The Labute approximate surface area is 126 Å². The van der Waals surface area contributed by atoms with Gasteiger partial charge in [0.15, 0.2) is 9.84 Å². The van der Waals surface area contributed by atoms with Crippen molar-refractivity contribution in [1.82, 2.24) is 10.6 Å². The van der Waals surface area contributed by atoms with Crippen molar-refractivity contribution in [3.8, 4) is 0 Å². The van der Waals surface area contributed by atoms with Crippen LogP contribution in [-0.2, 0) is 14.6 Å². The van der Waals surface area contributed by atoms with Crippen molar-refractivity contribution in [3.05, 3.63) is 30.3 Å². The summed E-state index contributed by atoms with van der Waals surface area (Å²) in [7, 11) is -3.38. The van der Waals surface area contributed by atoms with E-state index < -0.39 is 9.84 Å². The number of hydrogen-bond acceptors (Lipinski definition) is 4. The van der Waals surface area contributed by atoms with E-state index in [0.717, 1.165) is 19.4 Å². The molecule has 0 spiro atoms. The second-order valence-electron chi connectivity index (χ2n) is 5.36. The summed E-state index contributed by atoms with van der Waals surface area (Å²) in [5.74, 6) is -0.158. The molecule has 1 aliphatic rings. The molecule has 6 heteroatoms. The third kappa shape index (κ3) is 4.28. The lowest BCUT2D eigenvalue weighted by atomic mass is 10.2. The van der Waals surface area contributed by atoms with Gasteiger partial charge in [0, 0.05) is 6.04 Å². The van der Waals surface area contributed by atoms with E-state index in [1.54, 1.807) is 30.3 Å². The standard InChI is InChI=1S/C15H22N2O3S/c1-2-12(17-15(18)14-9-6-10-16-14)11-21(19,20)13-7-4-3-5-8-13/h3-5,7-8,12,14,16H,2,6,9-11H2,1H3,(H,17,18)/t12-,14-/m1/s1. The van der Waals surface area contributed by atoms with Crippen LogP contribution in [-0.4, -0.2) is 38.7 Å². The third-order valence-electron chi connectivity index (χ3n) is 3.74. The summed E-state index contributed by atoms with van der Waals surface area (Å²) < 4.78 is 24.7. The van der Waals surface area contributed by atoms with Crippen LogP contribution < -0.4 is 10.6 Å². The number of benzene rings is 1. The van der Waals surface area contributed by atoms with Crippen molar-refractivity contribution in [2.24, 2.45) is 0 Å². The zero-order valence-electron chi connectivity index (χ0n) is 12.2. The van der Waals surface area contributed by atoms with Gasteiger partial charge in [0.1, 0.15) is 0 Å². The average Bonchev–Trinajstić information content (AvgIpc) is 3.01. The monoisotopic (exact) mass is 310 g/mol. The van der Waals surface area contributed by atoms with Gasteiger partial charge in [-0.3, -0.25) is 4.79 Å². The summed E-state index contributed by atoms with van der Waals surface area (Å²) in [5.41, 5.74) is 0. The first-order chi connectivity index (χ1) is 10.0. The molecule has 1 fully saturated rings. The number of nitrogens with one attached hydrogen (secondary N) is 2. The molecular weight excluding hydrogens is 288 g/mol. The summed E-state index contributed by atoms with van der Waals surface area (Å²) in [6.07, 6.45) is 2.38. The highest BCUT2D eigenvalue weighted by atomic mass is 32.2. The van der Waals surface area contributed by atoms with E-state index in [2.05, 4.69) is 10.6 Å². The predicted molar refractivity (Wildman–Crippen MR) is 81.7 cm³/mol. The first-order valence-corrected chi connectivity index (χ1v) is 8.99. The van der Waals surface area contributed by atoms with Crippen molar-refractivity contribution in [1.29, 1.82) is 0 Å². The van der Waals surface area contributed by atoms with Gasteiger partial charge in [-0.1, -0.05) is 25.1 Å². The largest absolute Gasteiger partial charge is 0.351 e. The number of amides is 1. The Morgan fingerprint density at radius 2 is 2.10 bits per heavy atom. The fourth-order valence-electron chi connectivity index (χ4n) is 2.46. The maximum absolute atomic E-state index is 12.3. The van der Waals surface area contributed by atoms with Crippen molar-refractivity contribution < 1.29 is 13.2 Å². The van der Waals surface area contributed by atoms with Gasteiger partial charge in [-0.25, -0.2) is 8.42 Å². The maximum Gasteiger partial charge on any atom is 0.237 e. The lowest BCUT2D eigenvalue weighted by molar-refractivity contribution is -0.123. The zero-order valence-corrected chi connectivity index (χ0v) is 13.0. The summed E-state index contributed by atoms with van der Waals surface area (Å²) in [6, 6.07) is 7.82. The zero-order chi connectivity index (χ0) is 15.3. The number of carbonyl (C=O) groups excluding carboxylic acids is 1. The normalized spacial score (nSPS) is 20.1. The highest BCUT2D eigenvalue weighted by Gasteiger charge is 2.26. The van der Waals surface area contributed by atoms with Crippen LogP contribution in [0, 0.1) is 0 Å². The molecule has 116 valence electrons. The lowest BCUT2D eigenvalue weighted by Gasteiger charge is -2.19. The van der Waals surface area contributed by atoms with Gasteiger partial charge in [0.25, 0.3) is 0 Å². The third-order valence-corrected chi connectivity index (χ3v) is 5.57. The number of rotatable bonds is 6. The molecule has 2 rings (SSSR count). The molecule has 1 aromatic carbocycles. The first-order valence-electron chi connectivity index (χ1n) is 7.34. The second kappa shape index (κ2) is 7.04. The Morgan fingerprint density at radius 3 is 2.67 bits per heavy atom. The van der Waals surface area contributed by atoms with Crippen LogP contribution in [0.1, 0.15) is 26.2 Å². The number of carbonyl (C=O) groups is 1. The van der Waals surface area contributed by atoms with Crippen LogP contribution in [0.5, 0.6) is 0 Å². The fourth-order valence-corrected chi connectivity index (χ4v) is 4.07. The highest BCUT2D eigenvalue weighted by molar-refractivity contribution is 7.91. The minimum atomic E-state index is -3.38. The molecule has 21 heavy (non-hydrogen) atoms. The average molecular weight is 310 g/mol. The Kier molecular flexibility index (Phi) is 5.36. The van der Waals surface area contributed by atoms with Gasteiger partial charge >= 0.3 is 0 Å². The van der Waals surface area contributed by atoms with Crippen LogP contribution in [0.4, 0.5) is 0 Å². The van der Waals surface area contributed by atoms with Crippen molar-refractivity contribution in [3.63, 3.8) is 0 Å². The molecule has 0 unspecified atom stereocenters. The van der Waals surface area contributed by atoms with Crippen molar-refractivity contribution >= 4 is 15.7 Å². The van der Waals surface area contributed by atoms with Crippen LogP contribution in [0.25, 0.3) is 0 Å². The Hall–Kier alpha value is -1.40. The summed E-state index contributed by atoms with van der Waals surface area (Å²) >= 11 is 0. The molecule has 2 N–H and O–H groups in total. The molecule has 0 saturated carbocycles. The molecule has 0 aliphatic carbocycles.